The van der Waals surface area contributed by atoms with Crippen LogP contribution in [-0.4, -0.2) is 28.1 Å². The Morgan fingerprint density at radius 3 is 2.64 bits per heavy atom. The molecule has 2 aromatic heterocycles. The van der Waals surface area contributed by atoms with Crippen LogP contribution in [0, 0.1) is 0 Å². The predicted molar refractivity (Wildman–Crippen MR) is 122 cm³/mol. The molecule has 0 radical (unpaired) electrons. The van der Waals surface area contributed by atoms with E-state index in [2.05, 4.69) is 45.0 Å². The number of hydrazine groups is 1. The second-order valence-electron chi connectivity index (χ2n) is 7.92. The van der Waals surface area contributed by atoms with Gasteiger partial charge in [-0.25, -0.2) is 5.10 Å². The molecule has 0 fully saturated rings. The summed E-state index contributed by atoms with van der Waals surface area (Å²) in [6.45, 7) is 2.55. The molecule has 9 nitrogen and oxygen atoms in total. The Hall–Kier alpha value is -4.40. The van der Waals surface area contributed by atoms with Gasteiger partial charge in [0, 0.05) is 17.1 Å². The maximum atomic E-state index is 12.8. The lowest BCUT2D eigenvalue weighted by molar-refractivity contribution is 0.0843. The van der Waals surface area contributed by atoms with E-state index in [0.29, 0.717) is 28.6 Å². The summed E-state index contributed by atoms with van der Waals surface area (Å²) >= 11 is 0. The van der Waals surface area contributed by atoms with Gasteiger partial charge in [-0.15, -0.1) is 0 Å². The van der Waals surface area contributed by atoms with Crippen LogP contribution in [0.1, 0.15) is 39.1 Å². The van der Waals surface area contributed by atoms with E-state index in [9.17, 15) is 14.4 Å². The molecule has 1 aliphatic heterocycles. The van der Waals surface area contributed by atoms with Crippen molar-refractivity contribution >= 4 is 28.3 Å². The summed E-state index contributed by atoms with van der Waals surface area (Å²) in [6, 6.07) is 16.6. The number of amides is 2. The SMILES string of the molecule is CC1Cc2ccccc2N1Cc1occc1C(=O)NNC(=O)c1n[nH]c(=O)c2ccccc12. The van der Waals surface area contributed by atoms with Gasteiger partial charge in [-0.1, -0.05) is 36.4 Å². The molecule has 2 amide bonds. The van der Waals surface area contributed by atoms with E-state index in [-0.39, 0.29) is 11.7 Å². The Morgan fingerprint density at radius 1 is 1.06 bits per heavy atom. The third-order valence-corrected chi connectivity index (χ3v) is 5.85. The lowest BCUT2D eigenvalue weighted by Gasteiger charge is -2.24. The van der Waals surface area contributed by atoms with Crippen molar-refractivity contribution < 1.29 is 14.0 Å². The monoisotopic (exact) mass is 443 g/mol. The van der Waals surface area contributed by atoms with Crippen LogP contribution in [0.15, 0.2) is 70.1 Å². The van der Waals surface area contributed by atoms with Gasteiger partial charge in [0.25, 0.3) is 17.4 Å². The van der Waals surface area contributed by atoms with E-state index < -0.39 is 17.4 Å². The van der Waals surface area contributed by atoms with Gasteiger partial charge in [0.2, 0.25) is 0 Å². The average molecular weight is 443 g/mol. The van der Waals surface area contributed by atoms with Gasteiger partial charge in [-0.2, -0.15) is 5.10 Å². The minimum Gasteiger partial charge on any atom is -0.467 e. The Bertz CT molecular complexity index is 1420. The van der Waals surface area contributed by atoms with E-state index in [1.165, 1.54) is 11.8 Å². The molecular weight excluding hydrogens is 422 g/mol. The summed E-state index contributed by atoms with van der Waals surface area (Å²) < 4.78 is 5.61. The maximum Gasteiger partial charge on any atom is 0.290 e. The number of nitrogens with one attached hydrogen (secondary N) is 3. The molecule has 0 aliphatic carbocycles. The zero-order valence-electron chi connectivity index (χ0n) is 17.8. The Kier molecular flexibility index (Phi) is 5.14. The standard InChI is InChI=1S/C24H21N5O4/c1-14-12-15-6-2-5-9-19(15)29(14)13-20-18(10-11-33-20)23(31)27-28-24(32)21-16-7-3-4-8-17(16)22(30)26-25-21/h2-11,14H,12-13H2,1H3,(H,26,30)(H,27,31)(H,28,32). The predicted octanol–water partition coefficient (Wildman–Crippen LogP) is 2.54. The minimum atomic E-state index is -0.650. The largest absolute Gasteiger partial charge is 0.467 e. The first-order valence-electron chi connectivity index (χ1n) is 10.5. The fourth-order valence-electron chi connectivity index (χ4n) is 4.22. The molecule has 0 spiro atoms. The van der Waals surface area contributed by atoms with Crippen molar-refractivity contribution in [1.29, 1.82) is 0 Å². The molecule has 9 heteroatoms. The van der Waals surface area contributed by atoms with E-state index in [0.717, 1.165) is 12.1 Å². The van der Waals surface area contributed by atoms with Crippen molar-refractivity contribution in [2.45, 2.75) is 25.9 Å². The summed E-state index contributed by atoms with van der Waals surface area (Å²) in [5.41, 5.74) is 7.09. The van der Waals surface area contributed by atoms with Crippen molar-refractivity contribution in [1.82, 2.24) is 21.0 Å². The van der Waals surface area contributed by atoms with Gasteiger partial charge in [-0.05, 0) is 37.1 Å². The normalized spacial score (nSPS) is 14.8. The molecule has 2 aromatic carbocycles. The number of aromatic nitrogens is 2. The molecule has 5 rings (SSSR count). The molecule has 166 valence electrons. The third-order valence-electron chi connectivity index (χ3n) is 5.85. The van der Waals surface area contributed by atoms with Crippen LogP contribution in [0.25, 0.3) is 10.8 Å². The summed E-state index contributed by atoms with van der Waals surface area (Å²) in [5.74, 6) is -0.665. The number of nitrogens with zero attached hydrogens (tertiary/aromatic N) is 2. The van der Waals surface area contributed by atoms with Crippen molar-refractivity contribution in [2.75, 3.05) is 4.90 Å². The molecule has 3 N–H and O–H groups in total. The average Bonchev–Trinajstić information content (AvgIpc) is 3.42. The Labute approximate surface area is 188 Å². The number of H-pyrrole nitrogens is 1. The van der Waals surface area contributed by atoms with Crippen molar-refractivity contribution in [3.63, 3.8) is 0 Å². The lowest BCUT2D eigenvalue weighted by Crippen LogP contribution is -2.42. The number of benzene rings is 2. The van der Waals surface area contributed by atoms with Crippen LogP contribution < -0.4 is 21.3 Å². The van der Waals surface area contributed by atoms with E-state index in [4.69, 9.17) is 4.42 Å². The number of hydrogen-bond donors (Lipinski definition) is 3. The van der Waals surface area contributed by atoms with Crippen LogP contribution >= 0.6 is 0 Å². The number of rotatable bonds is 4. The molecule has 0 saturated heterocycles. The first-order valence-corrected chi connectivity index (χ1v) is 10.5. The number of hydrogen-bond acceptors (Lipinski definition) is 6. The van der Waals surface area contributed by atoms with Gasteiger partial charge in [0.05, 0.1) is 23.8 Å². The van der Waals surface area contributed by atoms with Crippen molar-refractivity contribution in [3.8, 4) is 0 Å². The molecular formula is C24H21N5O4. The highest BCUT2D eigenvalue weighted by molar-refractivity contribution is 6.06. The summed E-state index contributed by atoms with van der Waals surface area (Å²) in [5, 5.41) is 6.86. The van der Waals surface area contributed by atoms with Crippen LogP contribution in [0.2, 0.25) is 0 Å². The molecule has 1 aliphatic rings. The zero-order chi connectivity index (χ0) is 22.9. The Balaban J connectivity index is 1.31. The molecule has 1 unspecified atom stereocenters. The third kappa shape index (κ3) is 3.73. The van der Waals surface area contributed by atoms with Crippen molar-refractivity contribution in [3.05, 3.63) is 93.8 Å². The fraction of sp³-hybridized carbons (Fsp3) is 0.167. The van der Waals surface area contributed by atoms with Crippen molar-refractivity contribution in [2.24, 2.45) is 0 Å². The minimum absolute atomic E-state index is 0.000385. The number of anilines is 1. The highest BCUT2D eigenvalue weighted by atomic mass is 16.3. The summed E-state index contributed by atoms with van der Waals surface area (Å²) in [6.07, 6.45) is 2.38. The fourth-order valence-corrected chi connectivity index (χ4v) is 4.22. The number of aromatic amines is 1. The maximum absolute atomic E-state index is 12.8. The van der Waals surface area contributed by atoms with Gasteiger partial charge < -0.3 is 9.32 Å². The van der Waals surface area contributed by atoms with Gasteiger partial charge in [0.1, 0.15) is 5.76 Å². The number of furan rings is 1. The molecule has 0 bridgehead atoms. The van der Waals surface area contributed by atoms with Gasteiger partial charge in [0.15, 0.2) is 5.69 Å². The summed E-state index contributed by atoms with van der Waals surface area (Å²) in [7, 11) is 0. The number of fused-ring (bicyclic) bond motifs is 2. The van der Waals surface area contributed by atoms with Gasteiger partial charge in [-0.3, -0.25) is 25.2 Å². The lowest BCUT2D eigenvalue weighted by atomic mass is 10.1. The highest BCUT2D eigenvalue weighted by Crippen LogP contribution is 2.33. The van der Waals surface area contributed by atoms with Gasteiger partial charge >= 0.3 is 0 Å². The first kappa shape index (κ1) is 20.5. The number of carbonyl (C=O) groups is 2. The van der Waals surface area contributed by atoms with Crippen LogP contribution in [-0.2, 0) is 13.0 Å². The van der Waals surface area contributed by atoms with E-state index >= 15 is 0 Å². The van der Waals surface area contributed by atoms with Crippen LogP contribution in [0.5, 0.6) is 0 Å². The van der Waals surface area contributed by atoms with E-state index in [1.807, 2.05) is 12.1 Å². The topological polar surface area (TPSA) is 120 Å². The molecule has 1 atom stereocenters. The number of carbonyl (C=O) groups excluding carboxylic acids is 2. The van der Waals surface area contributed by atoms with Crippen LogP contribution in [0.4, 0.5) is 5.69 Å². The second-order valence-corrected chi connectivity index (χ2v) is 7.92. The second kappa shape index (κ2) is 8.27. The molecule has 4 aromatic rings. The zero-order valence-corrected chi connectivity index (χ0v) is 17.8. The van der Waals surface area contributed by atoms with E-state index in [1.54, 1.807) is 30.3 Å². The Morgan fingerprint density at radius 2 is 1.79 bits per heavy atom. The molecule has 33 heavy (non-hydrogen) atoms. The first-order chi connectivity index (χ1) is 16.0. The molecule has 0 saturated carbocycles. The quantitative estimate of drug-likeness (QED) is 0.417. The number of para-hydroxylation sites is 1. The summed E-state index contributed by atoms with van der Waals surface area (Å²) in [4.78, 5) is 39.6. The highest BCUT2D eigenvalue weighted by Gasteiger charge is 2.28. The smallest absolute Gasteiger partial charge is 0.290 e. The molecule has 3 heterocycles. The van der Waals surface area contributed by atoms with Crippen LogP contribution in [0.3, 0.4) is 0 Å².